The van der Waals surface area contributed by atoms with Gasteiger partial charge in [0.2, 0.25) is 5.91 Å². The summed E-state index contributed by atoms with van der Waals surface area (Å²) in [6.07, 6.45) is 0.239. The van der Waals surface area contributed by atoms with Crippen LogP contribution in [0.15, 0.2) is 18.2 Å². The first-order chi connectivity index (χ1) is 9.58. The van der Waals surface area contributed by atoms with Gasteiger partial charge in [-0.3, -0.25) is 4.79 Å². The molecular formula is C13H15FN2O3S. The third kappa shape index (κ3) is 3.71. The molecule has 0 bridgehead atoms. The van der Waals surface area contributed by atoms with Crippen molar-refractivity contribution in [1.29, 1.82) is 0 Å². The first kappa shape index (κ1) is 14.8. The number of nitrogens with one attached hydrogen (secondary N) is 2. The van der Waals surface area contributed by atoms with E-state index < -0.39 is 17.3 Å². The van der Waals surface area contributed by atoms with Gasteiger partial charge in [0.05, 0.1) is 5.69 Å². The molecule has 1 aliphatic heterocycles. The van der Waals surface area contributed by atoms with Crippen molar-refractivity contribution in [3.8, 4) is 0 Å². The number of hydrogen-bond acceptors (Lipinski definition) is 4. The highest BCUT2D eigenvalue weighted by molar-refractivity contribution is 7.99. The van der Waals surface area contributed by atoms with Crippen LogP contribution in [-0.2, 0) is 4.79 Å². The van der Waals surface area contributed by atoms with Crippen molar-refractivity contribution in [1.82, 2.24) is 5.32 Å². The fourth-order valence-electron chi connectivity index (χ4n) is 2.02. The lowest BCUT2D eigenvalue weighted by molar-refractivity contribution is -0.116. The van der Waals surface area contributed by atoms with Crippen LogP contribution < -0.4 is 10.6 Å². The summed E-state index contributed by atoms with van der Waals surface area (Å²) in [5, 5.41) is 14.7. The van der Waals surface area contributed by atoms with Crippen molar-refractivity contribution in [2.24, 2.45) is 0 Å². The van der Waals surface area contributed by atoms with Crippen LogP contribution in [0.25, 0.3) is 0 Å². The van der Waals surface area contributed by atoms with E-state index in [1.54, 1.807) is 11.8 Å². The second-order valence-electron chi connectivity index (χ2n) is 4.45. The Kier molecular flexibility index (Phi) is 4.97. The molecule has 0 saturated carbocycles. The Morgan fingerprint density at radius 2 is 2.30 bits per heavy atom. The maximum Gasteiger partial charge on any atom is 0.340 e. The monoisotopic (exact) mass is 298 g/mol. The molecule has 0 aliphatic carbocycles. The lowest BCUT2D eigenvalue weighted by atomic mass is 10.1. The minimum atomic E-state index is -1.40. The predicted octanol–water partition coefficient (Wildman–Crippen LogP) is 1.56. The van der Waals surface area contributed by atoms with E-state index in [-0.39, 0.29) is 24.1 Å². The Balaban J connectivity index is 2.04. The number of carboxylic acid groups (broad SMARTS) is 1. The van der Waals surface area contributed by atoms with Crippen molar-refractivity contribution >= 4 is 29.3 Å². The van der Waals surface area contributed by atoms with Gasteiger partial charge in [0.25, 0.3) is 0 Å². The summed E-state index contributed by atoms with van der Waals surface area (Å²) in [6.45, 7) is 0.850. The topological polar surface area (TPSA) is 78.4 Å². The zero-order chi connectivity index (χ0) is 14.5. The van der Waals surface area contributed by atoms with E-state index in [2.05, 4.69) is 10.6 Å². The molecule has 1 unspecified atom stereocenters. The fourth-order valence-corrected chi connectivity index (χ4v) is 2.97. The molecule has 108 valence electrons. The Bertz CT molecular complexity index is 518. The molecule has 20 heavy (non-hydrogen) atoms. The number of halogens is 1. The van der Waals surface area contributed by atoms with E-state index in [1.165, 1.54) is 12.1 Å². The third-order valence-electron chi connectivity index (χ3n) is 2.93. The summed E-state index contributed by atoms with van der Waals surface area (Å²) in [5.74, 6) is -0.724. The third-order valence-corrected chi connectivity index (χ3v) is 4.06. The number of carbonyl (C=O) groups excluding carboxylic acids is 1. The largest absolute Gasteiger partial charge is 0.478 e. The number of thioether (sulfide) groups is 1. The molecule has 1 heterocycles. The van der Waals surface area contributed by atoms with Crippen LogP contribution in [0.1, 0.15) is 16.8 Å². The van der Waals surface area contributed by atoms with Crippen molar-refractivity contribution in [3.05, 3.63) is 29.6 Å². The Labute approximate surface area is 119 Å². The molecule has 3 N–H and O–H groups in total. The second kappa shape index (κ2) is 6.71. The molecule has 7 heteroatoms. The van der Waals surface area contributed by atoms with Crippen LogP contribution in [0.5, 0.6) is 0 Å². The van der Waals surface area contributed by atoms with Gasteiger partial charge in [-0.15, -0.1) is 0 Å². The first-order valence-corrected chi connectivity index (χ1v) is 7.36. The summed E-state index contributed by atoms with van der Waals surface area (Å²) in [4.78, 5) is 22.9. The maximum absolute atomic E-state index is 13.5. The van der Waals surface area contributed by atoms with Crippen LogP contribution in [0, 0.1) is 5.82 Å². The minimum absolute atomic E-state index is 0.00837. The predicted molar refractivity (Wildman–Crippen MR) is 75.7 cm³/mol. The molecule has 0 aromatic heterocycles. The highest BCUT2D eigenvalue weighted by Crippen LogP contribution is 2.19. The van der Waals surface area contributed by atoms with Gasteiger partial charge in [-0.25, -0.2) is 9.18 Å². The van der Waals surface area contributed by atoms with Crippen molar-refractivity contribution in [2.45, 2.75) is 12.5 Å². The number of aromatic carboxylic acids is 1. The number of anilines is 1. The molecule has 1 atom stereocenters. The highest BCUT2D eigenvalue weighted by Gasteiger charge is 2.20. The standard InChI is InChI=1S/C13H15FN2O3S/c14-9-2-1-3-10(12(9)13(18)19)16-11(17)6-8-7-20-5-4-15-8/h1-3,8,15H,4-7H2,(H,16,17)(H,18,19). The number of carbonyl (C=O) groups is 2. The lowest BCUT2D eigenvalue weighted by Crippen LogP contribution is -2.40. The molecule has 5 nitrogen and oxygen atoms in total. The Morgan fingerprint density at radius 1 is 1.50 bits per heavy atom. The van der Waals surface area contributed by atoms with E-state index in [9.17, 15) is 14.0 Å². The Hall–Kier alpha value is -1.60. The molecular weight excluding hydrogens is 283 g/mol. The van der Waals surface area contributed by atoms with E-state index >= 15 is 0 Å². The maximum atomic E-state index is 13.5. The van der Waals surface area contributed by atoms with Gasteiger partial charge in [0, 0.05) is 30.5 Å². The van der Waals surface area contributed by atoms with Gasteiger partial charge in [0.15, 0.2) is 0 Å². The fraction of sp³-hybridized carbons (Fsp3) is 0.385. The Morgan fingerprint density at radius 3 is 2.95 bits per heavy atom. The average Bonchev–Trinajstić information content (AvgIpc) is 2.39. The van der Waals surface area contributed by atoms with Crippen LogP contribution in [0.4, 0.5) is 10.1 Å². The summed E-state index contributed by atoms with van der Waals surface area (Å²) in [5.41, 5.74) is -0.516. The molecule has 1 saturated heterocycles. The van der Waals surface area contributed by atoms with Crippen LogP contribution in [0.2, 0.25) is 0 Å². The number of hydrogen-bond donors (Lipinski definition) is 3. The van der Waals surface area contributed by atoms with E-state index in [4.69, 9.17) is 5.11 Å². The molecule has 0 radical (unpaired) electrons. The quantitative estimate of drug-likeness (QED) is 0.786. The number of benzene rings is 1. The van der Waals surface area contributed by atoms with E-state index in [1.807, 2.05) is 0 Å². The zero-order valence-electron chi connectivity index (χ0n) is 10.7. The van der Waals surface area contributed by atoms with Gasteiger partial charge in [-0.1, -0.05) is 6.07 Å². The van der Waals surface area contributed by atoms with Crippen LogP contribution >= 0.6 is 11.8 Å². The summed E-state index contributed by atoms with van der Waals surface area (Å²) < 4.78 is 13.5. The molecule has 1 fully saturated rings. The number of rotatable bonds is 4. The van der Waals surface area contributed by atoms with Crippen molar-refractivity contribution in [2.75, 3.05) is 23.4 Å². The highest BCUT2D eigenvalue weighted by atomic mass is 32.2. The molecule has 1 aromatic carbocycles. The zero-order valence-corrected chi connectivity index (χ0v) is 11.5. The minimum Gasteiger partial charge on any atom is -0.478 e. The van der Waals surface area contributed by atoms with Crippen molar-refractivity contribution in [3.63, 3.8) is 0 Å². The van der Waals surface area contributed by atoms with Gasteiger partial charge < -0.3 is 15.7 Å². The number of amides is 1. The lowest BCUT2D eigenvalue weighted by Gasteiger charge is -2.22. The summed E-state index contributed by atoms with van der Waals surface area (Å²) in [6, 6.07) is 3.87. The second-order valence-corrected chi connectivity index (χ2v) is 5.60. The molecule has 1 amide bonds. The normalized spacial score (nSPS) is 18.6. The molecule has 2 rings (SSSR count). The smallest absolute Gasteiger partial charge is 0.340 e. The molecule has 0 spiro atoms. The average molecular weight is 298 g/mol. The molecule has 1 aliphatic rings. The van der Waals surface area contributed by atoms with Gasteiger partial charge in [0.1, 0.15) is 11.4 Å². The van der Waals surface area contributed by atoms with Gasteiger partial charge >= 0.3 is 5.97 Å². The SMILES string of the molecule is O=C(CC1CSCCN1)Nc1cccc(F)c1C(=O)O. The van der Waals surface area contributed by atoms with Crippen molar-refractivity contribution < 1.29 is 19.1 Å². The van der Waals surface area contributed by atoms with E-state index in [0.717, 1.165) is 24.1 Å². The summed E-state index contributed by atoms with van der Waals surface area (Å²) >= 11 is 1.77. The van der Waals surface area contributed by atoms with Gasteiger partial charge in [-0.05, 0) is 12.1 Å². The molecule has 1 aromatic rings. The number of carboxylic acids is 1. The van der Waals surface area contributed by atoms with E-state index in [0.29, 0.717) is 0 Å². The summed E-state index contributed by atoms with van der Waals surface area (Å²) in [7, 11) is 0. The first-order valence-electron chi connectivity index (χ1n) is 6.20. The van der Waals surface area contributed by atoms with Gasteiger partial charge in [-0.2, -0.15) is 11.8 Å². The van der Waals surface area contributed by atoms with Crippen LogP contribution in [-0.4, -0.2) is 41.1 Å². The van der Waals surface area contributed by atoms with Crippen LogP contribution in [0.3, 0.4) is 0 Å².